The summed E-state index contributed by atoms with van der Waals surface area (Å²) in [6, 6.07) is 0.749. The highest BCUT2D eigenvalue weighted by atomic mass is 16.5. The maximum absolute atomic E-state index is 11.0. The van der Waals surface area contributed by atoms with Crippen LogP contribution < -0.4 is 0 Å². The Bertz CT molecular complexity index is 276. The molecule has 2 rings (SSSR count). The van der Waals surface area contributed by atoms with E-state index in [1.54, 1.807) is 0 Å². The number of aliphatic carboxylic acids is 1. The van der Waals surface area contributed by atoms with Crippen LogP contribution in [-0.2, 0) is 9.53 Å². The predicted molar refractivity (Wildman–Crippen MR) is 69.6 cm³/mol. The maximum Gasteiger partial charge on any atom is 0.304 e. The molecular formula is C14H25NO3. The summed E-state index contributed by atoms with van der Waals surface area (Å²) in [5.41, 5.74) is 0. The van der Waals surface area contributed by atoms with Gasteiger partial charge in [0.2, 0.25) is 0 Å². The first-order valence-electron chi connectivity index (χ1n) is 7.27. The van der Waals surface area contributed by atoms with Gasteiger partial charge >= 0.3 is 5.97 Å². The van der Waals surface area contributed by atoms with E-state index in [1.807, 2.05) is 0 Å². The fraction of sp³-hybridized carbons (Fsp3) is 0.929. The largest absolute Gasteiger partial charge is 0.481 e. The summed E-state index contributed by atoms with van der Waals surface area (Å²) in [6.07, 6.45) is 5.95. The number of rotatable bonds is 5. The van der Waals surface area contributed by atoms with Gasteiger partial charge in [-0.15, -0.1) is 0 Å². The van der Waals surface area contributed by atoms with Crippen molar-refractivity contribution in [1.82, 2.24) is 4.90 Å². The van der Waals surface area contributed by atoms with Crippen molar-refractivity contribution in [3.05, 3.63) is 0 Å². The van der Waals surface area contributed by atoms with Crippen molar-refractivity contribution in [2.24, 2.45) is 5.92 Å². The Morgan fingerprint density at radius 3 is 2.89 bits per heavy atom. The van der Waals surface area contributed by atoms with Crippen LogP contribution in [0.25, 0.3) is 0 Å². The molecule has 2 fully saturated rings. The van der Waals surface area contributed by atoms with Gasteiger partial charge in [0, 0.05) is 18.7 Å². The normalized spacial score (nSPS) is 31.4. The van der Waals surface area contributed by atoms with Crippen LogP contribution in [0.1, 0.15) is 45.4 Å². The number of carboxylic acid groups (broad SMARTS) is 1. The first kappa shape index (κ1) is 13.8. The summed E-state index contributed by atoms with van der Waals surface area (Å²) in [4.78, 5) is 13.5. The maximum atomic E-state index is 11.0. The zero-order chi connectivity index (χ0) is 13.0. The van der Waals surface area contributed by atoms with Crippen molar-refractivity contribution in [3.8, 4) is 0 Å². The second-order valence-electron chi connectivity index (χ2n) is 5.58. The molecular weight excluding hydrogens is 230 g/mol. The van der Waals surface area contributed by atoms with E-state index in [9.17, 15) is 4.79 Å². The summed E-state index contributed by atoms with van der Waals surface area (Å²) in [7, 11) is 0. The number of nitrogens with zero attached hydrogens (tertiary/aromatic N) is 1. The molecule has 0 aromatic rings. The second-order valence-corrected chi connectivity index (χ2v) is 5.58. The minimum atomic E-state index is -0.663. The lowest BCUT2D eigenvalue weighted by Crippen LogP contribution is -2.50. The molecule has 0 spiro atoms. The van der Waals surface area contributed by atoms with Crippen molar-refractivity contribution in [3.63, 3.8) is 0 Å². The van der Waals surface area contributed by atoms with Gasteiger partial charge in [-0.2, -0.15) is 0 Å². The van der Waals surface area contributed by atoms with Crippen molar-refractivity contribution >= 4 is 5.97 Å². The molecule has 2 aliphatic heterocycles. The van der Waals surface area contributed by atoms with Gasteiger partial charge < -0.3 is 9.84 Å². The zero-order valence-electron chi connectivity index (χ0n) is 11.3. The van der Waals surface area contributed by atoms with Gasteiger partial charge in [0.25, 0.3) is 0 Å². The molecule has 0 bridgehead atoms. The van der Waals surface area contributed by atoms with Crippen LogP contribution in [0.5, 0.6) is 0 Å². The minimum Gasteiger partial charge on any atom is -0.481 e. The molecule has 1 N–H and O–H groups in total. The van der Waals surface area contributed by atoms with Gasteiger partial charge in [0.05, 0.1) is 13.0 Å². The first-order chi connectivity index (χ1) is 8.72. The Labute approximate surface area is 109 Å². The van der Waals surface area contributed by atoms with Gasteiger partial charge in [-0.05, 0) is 38.1 Å². The van der Waals surface area contributed by atoms with Crippen LogP contribution in [0.4, 0.5) is 0 Å². The average Bonchev–Trinajstić information content (AvgIpc) is 2.85. The molecule has 0 aromatic heterocycles. The molecule has 3 unspecified atom stereocenters. The molecule has 18 heavy (non-hydrogen) atoms. The van der Waals surface area contributed by atoms with Gasteiger partial charge in [-0.25, -0.2) is 0 Å². The molecule has 0 aromatic carbocycles. The van der Waals surface area contributed by atoms with Crippen molar-refractivity contribution in [2.75, 3.05) is 19.8 Å². The number of ether oxygens (including phenoxy) is 1. The van der Waals surface area contributed by atoms with Gasteiger partial charge in [-0.3, -0.25) is 9.69 Å². The van der Waals surface area contributed by atoms with E-state index >= 15 is 0 Å². The SMILES string of the molecule is CCC(C1CCOC1)N1CCCCC1CC(=O)O. The summed E-state index contributed by atoms with van der Waals surface area (Å²) in [6.45, 7) is 5.01. The van der Waals surface area contributed by atoms with E-state index in [1.165, 1.54) is 12.8 Å². The lowest BCUT2D eigenvalue weighted by Gasteiger charge is -2.42. The molecule has 0 aliphatic carbocycles. The number of likely N-dealkylation sites (tertiary alicyclic amines) is 1. The Kier molecular flexibility index (Phi) is 5.01. The monoisotopic (exact) mass is 255 g/mol. The van der Waals surface area contributed by atoms with E-state index in [0.29, 0.717) is 18.4 Å². The fourth-order valence-corrected chi connectivity index (χ4v) is 3.58. The van der Waals surface area contributed by atoms with E-state index in [0.717, 1.165) is 39.0 Å². The number of hydrogen-bond acceptors (Lipinski definition) is 3. The van der Waals surface area contributed by atoms with Crippen LogP contribution in [0.15, 0.2) is 0 Å². The van der Waals surface area contributed by atoms with E-state index in [4.69, 9.17) is 9.84 Å². The molecule has 4 heteroatoms. The third-order valence-electron chi connectivity index (χ3n) is 4.44. The second kappa shape index (κ2) is 6.53. The molecule has 2 saturated heterocycles. The van der Waals surface area contributed by atoms with Crippen LogP contribution in [0, 0.1) is 5.92 Å². The highest BCUT2D eigenvalue weighted by Gasteiger charge is 2.35. The minimum absolute atomic E-state index is 0.238. The van der Waals surface area contributed by atoms with Gasteiger partial charge in [0.15, 0.2) is 0 Å². The third kappa shape index (κ3) is 3.23. The number of carbonyl (C=O) groups is 1. The molecule has 3 atom stereocenters. The molecule has 4 nitrogen and oxygen atoms in total. The average molecular weight is 255 g/mol. The van der Waals surface area contributed by atoms with Crippen LogP contribution in [0.2, 0.25) is 0 Å². The van der Waals surface area contributed by atoms with Crippen molar-refractivity contribution in [2.45, 2.75) is 57.5 Å². The van der Waals surface area contributed by atoms with E-state index < -0.39 is 5.97 Å². The first-order valence-corrected chi connectivity index (χ1v) is 7.27. The Morgan fingerprint density at radius 2 is 2.28 bits per heavy atom. The Hall–Kier alpha value is -0.610. The van der Waals surface area contributed by atoms with Gasteiger partial charge in [0.1, 0.15) is 0 Å². The lowest BCUT2D eigenvalue weighted by atomic mass is 9.89. The predicted octanol–water partition coefficient (Wildman–Crippen LogP) is 2.13. The number of piperidine rings is 1. The number of carboxylic acids is 1. The smallest absolute Gasteiger partial charge is 0.304 e. The Balaban J connectivity index is 2.02. The van der Waals surface area contributed by atoms with Gasteiger partial charge in [-0.1, -0.05) is 13.3 Å². The highest BCUT2D eigenvalue weighted by Crippen LogP contribution is 2.30. The summed E-state index contributed by atoms with van der Waals surface area (Å²) in [5.74, 6) is -0.0613. The quantitative estimate of drug-likeness (QED) is 0.817. The van der Waals surface area contributed by atoms with E-state index in [-0.39, 0.29) is 6.04 Å². The standard InChI is InChI=1S/C14H25NO3/c1-2-13(11-6-8-18-10-11)15-7-4-3-5-12(15)9-14(16)17/h11-13H,2-10H2,1H3,(H,16,17). The topological polar surface area (TPSA) is 49.8 Å². The molecule has 2 aliphatic rings. The van der Waals surface area contributed by atoms with Crippen molar-refractivity contribution < 1.29 is 14.6 Å². The van der Waals surface area contributed by atoms with E-state index in [2.05, 4.69) is 11.8 Å². The van der Waals surface area contributed by atoms with Crippen molar-refractivity contribution in [1.29, 1.82) is 0 Å². The molecule has 0 amide bonds. The Morgan fingerprint density at radius 1 is 1.44 bits per heavy atom. The highest BCUT2D eigenvalue weighted by molar-refractivity contribution is 5.67. The van der Waals surface area contributed by atoms with Crippen LogP contribution >= 0.6 is 0 Å². The van der Waals surface area contributed by atoms with Crippen LogP contribution in [-0.4, -0.2) is 47.8 Å². The molecule has 0 saturated carbocycles. The zero-order valence-corrected chi connectivity index (χ0v) is 11.3. The molecule has 2 heterocycles. The lowest BCUT2D eigenvalue weighted by molar-refractivity contribution is -0.139. The summed E-state index contributed by atoms with van der Waals surface area (Å²) in [5, 5.41) is 9.05. The molecule has 104 valence electrons. The van der Waals surface area contributed by atoms with Crippen LogP contribution in [0.3, 0.4) is 0 Å². The third-order valence-corrected chi connectivity index (χ3v) is 4.44. The fourth-order valence-electron chi connectivity index (χ4n) is 3.58. The number of hydrogen-bond donors (Lipinski definition) is 1. The summed E-state index contributed by atoms with van der Waals surface area (Å²) >= 11 is 0. The molecule has 0 radical (unpaired) electrons. The summed E-state index contributed by atoms with van der Waals surface area (Å²) < 4.78 is 5.50.